The summed E-state index contributed by atoms with van der Waals surface area (Å²) in [5.41, 5.74) is 2.70. The summed E-state index contributed by atoms with van der Waals surface area (Å²) in [6.07, 6.45) is 0.877. The Kier molecular flexibility index (Phi) is 4.63. The van der Waals surface area contributed by atoms with Crippen molar-refractivity contribution in [3.05, 3.63) is 35.4 Å². The lowest BCUT2D eigenvalue weighted by atomic mass is 10.1. The van der Waals surface area contributed by atoms with Crippen LogP contribution >= 0.6 is 0 Å². The van der Waals surface area contributed by atoms with E-state index in [4.69, 9.17) is 5.11 Å². The molecule has 0 saturated heterocycles. The zero-order valence-electron chi connectivity index (χ0n) is 9.03. The zero-order chi connectivity index (χ0) is 10.4. The lowest BCUT2D eigenvalue weighted by Crippen LogP contribution is -2.84. The normalized spacial score (nSPS) is 12.8. The molecule has 0 amide bonds. The Morgan fingerprint density at radius 2 is 1.79 bits per heavy atom. The van der Waals surface area contributed by atoms with E-state index in [9.17, 15) is 0 Å². The molecule has 0 aliphatic carbocycles. The van der Waals surface area contributed by atoms with Crippen LogP contribution in [-0.4, -0.2) is 17.8 Å². The number of hydrogen-bond acceptors (Lipinski definition) is 1. The van der Waals surface area contributed by atoms with Gasteiger partial charge in [0.2, 0.25) is 0 Å². The highest BCUT2D eigenvalue weighted by Crippen LogP contribution is 2.03. The monoisotopic (exact) mass is 194 g/mol. The van der Waals surface area contributed by atoms with E-state index in [-0.39, 0.29) is 6.10 Å². The molecular formula is C12H20NO+. The molecule has 0 radical (unpaired) electrons. The number of rotatable bonds is 5. The van der Waals surface area contributed by atoms with Gasteiger partial charge in [0.25, 0.3) is 0 Å². The highest BCUT2D eigenvalue weighted by Gasteiger charge is 1.99. The molecule has 0 spiro atoms. The second-order valence-corrected chi connectivity index (χ2v) is 3.75. The van der Waals surface area contributed by atoms with E-state index < -0.39 is 0 Å². The van der Waals surface area contributed by atoms with Crippen molar-refractivity contribution in [2.75, 3.05) is 6.54 Å². The van der Waals surface area contributed by atoms with Crippen LogP contribution in [0.4, 0.5) is 0 Å². The van der Waals surface area contributed by atoms with Gasteiger partial charge in [-0.25, -0.2) is 0 Å². The third-order valence-corrected chi connectivity index (χ3v) is 2.32. The predicted octanol–water partition coefficient (Wildman–Crippen LogP) is 0.693. The van der Waals surface area contributed by atoms with Crippen LogP contribution in [0, 0.1) is 0 Å². The zero-order valence-corrected chi connectivity index (χ0v) is 9.03. The van der Waals surface area contributed by atoms with Gasteiger partial charge >= 0.3 is 0 Å². The van der Waals surface area contributed by atoms with E-state index in [1.807, 2.05) is 6.92 Å². The Morgan fingerprint density at radius 3 is 2.29 bits per heavy atom. The predicted molar refractivity (Wildman–Crippen MR) is 58.0 cm³/mol. The fourth-order valence-electron chi connectivity index (χ4n) is 1.40. The number of hydrogen-bond donors (Lipinski definition) is 2. The molecule has 14 heavy (non-hydrogen) atoms. The topological polar surface area (TPSA) is 36.8 Å². The minimum absolute atomic E-state index is 0.218. The molecule has 2 heteroatoms. The van der Waals surface area contributed by atoms with Gasteiger partial charge in [-0.2, -0.15) is 0 Å². The van der Waals surface area contributed by atoms with Crippen molar-refractivity contribution in [3.8, 4) is 0 Å². The standard InChI is InChI=1S/C12H19NO/c1-3-11-4-6-12(7-5-11)9-13-8-10(2)14/h4-7,10,13-14H,3,8-9H2,1-2H3/p+1/t10-/m0/s1. The van der Waals surface area contributed by atoms with E-state index in [1.165, 1.54) is 11.1 Å². The Morgan fingerprint density at radius 1 is 1.21 bits per heavy atom. The highest BCUT2D eigenvalue weighted by molar-refractivity contribution is 5.21. The van der Waals surface area contributed by atoms with Crippen molar-refractivity contribution < 1.29 is 10.4 Å². The molecule has 1 aromatic carbocycles. The van der Waals surface area contributed by atoms with Gasteiger partial charge in [-0.3, -0.25) is 0 Å². The van der Waals surface area contributed by atoms with Gasteiger partial charge in [-0.05, 0) is 18.9 Å². The van der Waals surface area contributed by atoms with Crippen molar-refractivity contribution in [3.63, 3.8) is 0 Å². The lowest BCUT2D eigenvalue weighted by Gasteiger charge is -2.04. The molecule has 0 heterocycles. The van der Waals surface area contributed by atoms with Crippen LogP contribution < -0.4 is 5.32 Å². The third-order valence-electron chi connectivity index (χ3n) is 2.32. The van der Waals surface area contributed by atoms with Crippen molar-refractivity contribution in [2.24, 2.45) is 0 Å². The molecule has 0 aliphatic rings. The minimum Gasteiger partial charge on any atom is -0.388 e. The number of aryl methyl sites for hydroxylation is 1. The molecule has 0 fully saturated rings. The molecule has 3 N–H and O–H groups in total. The van der Waals surface area contributed by atoms with Gasteiger partial charge in [-0.1, -0.05) is 31.2 Å². The quantitative estimate of drug-likeness (QED) is 0.711. The van der Waals surface area contributed by atoms with Crippen LogP contribution in [0.15, 0.2) is 24.3 Å². The maximum atomic E-state index is 9.08. The van der Waals surface area contributed by atoms with E-state index in [0.717, 1.165) is 19.5 Å². The van der Waals surface area contributed by atoms with Gasteiger partial charge < -0.3 is 10.4 Å². The number of nitrogens with two attached hydrogens (primary N) is 1. The van der Waals surface area contributed by atoms with Gasteiger partial charge in [0.05, 0.1) is 6.10 Å². The van der Waals surface area contributed by atoms with Crippen LogP contribution in [0.2, 0.25) is 0 Å². The van der Waals surface area contributed by atoms with Gasteiger partial charge in [-0.15, -0.1) is 0 Å². The van der Waals surface area contributed by atoms with E-state index in [0.29, 0.717) is 0 Å². The van der Waals surface area contributed by atoms with Gasteiger partial charge in [0.15, 0.2) is 0 Å². The molecule has 1 rings (SSSR count). The molecule has 0 unspecified atom stereocenters. The molecule has 0 aliphatic heterocycles. The minimum atomic E-state index is -0.218. The molecule has 1 atom stereocenters. The largest absolute Gasteiger partial charge is 0.388 e. The summed E-state index contributed by atoms with van der Waals surface area (Å²) in [4.78, 5) is 0. The Bertz CT molecular complexity index is 254. The lowest BCUT2D eigenvalue weighted by molar-refractivity contribution is -0.676. The van der Waals surface area contributed by atoms with Crippen LogP contribution in [0.5, 0.6) is 0 Å². The molecule has 1 aromatic rings. The summed E-state index contributed by atoms with van der Waals surface area (Å²) in [6, 6.07) is 8.67. The molecule has 78 valence electrons. The van der Waals surface area contributed by atoms with Crippen molar-refractivity contribution >= 4 is 0 Å². The van der Waals surface area contributed by atoms with Crippen LogP contribution in [-0.2, 0) is 13.0 Å². The van der Waals surface area contributed by atoms with Crippen molar-refractivity contribution in [2.45, 2.75) is 32.9 Å². The van der Waals surface area contributed by atoms with E-state index in [1.54, 1.807) is 0 Å². The summed E-state index contributed by atoms with van der Waals surface area (Å²) in [5, 5.41) is 11.2. The number of aliphatic hydroxyl groups is 1. The first kappa shape index (κ1) is 11.2. The molecular weight excluding hydrogens is 174 g/mol. The maximum Gasteiger partial charge on any atom is 0.102 e. The second kappa shape index (κ2) is 5.78. The third kappa shape index (κ3) is 3.90. The van der Waals surface area contributed by atoms with Crippen LogP contribution in [0.1, 0.15) is 25.0 Å². The van der Waals surface area contributed by atoms with Crippen molar-refractivity contribution in [1.29, 1.82) is 0 Å². The summed E-state index contributed by atoms with van der Waals surface area (Å²) in [5.74, 6) is 0. The molecule has 2 nitrogen and oxygen atoms in total. The van der Waals surface area contributed by atoms with Gasteiger partial charge in [0, 0.05) is 5.56 Å². The van der Waals surface area contributed by atoms with E-state index >= 15 is 0 Å². The van der Waals surface area contributed by atoms with E-state index in [2.05, 4.69) is 36.5 Å². The first-order chi connectivity index (χ1) is 6.72. The first-order valence-corrected chi connectivity index (χ1v) is 5.30. The SMILES string of the molecule is CCc1ccc(C[NH2+]C[C@H](C)O)cc1. The summed E-state index contributed by atoms with van der Waals surface area (Å²) in [7, 11) is 0. The Labute approximate surface area is 86.0 Å². The molecule has 0 aromatic heterocycles. The first-order valence-electron chi connectivity index (χ1n) is 5.30. The number of quaternary nitrogens is 1. The summed E-state index contributed by atoms with van der Waals surface area (Å²) < 4.78 is 0. The highest BCUT2D eigenvalue weighted by atomic mass is 16.3. The number of benzene rings is 1. The molecule has 0 bridgehead atoms. The summed E-state index contributed by atoms with van der Waals surface area (Å²) in [6.45, 7) is 5.70. The average Bonchev–Trinajstić information content (AvgIpc) is 2.18. The fraction of sp³-hybridized carbons (Fsp3) is 0.500. The smallest absolute Gasteiger partial charge is 0.102 e. The second-order valence-electron chi connectivity index (χ2n) is 3.75. The van der Waals surface area contributed by atoms with Crippen molar-refractivity contribution in [1.82, 2.24) is 0 Å². The number of aliphatic hydroxyl groups excluding tert-OH is 1. The maximum absolute atomic E-state index is 9.08. The Hall–Kier alpha value is -0.860. The Balaban J connectivity index is 2.36. The summed E-state index contributed by atoms with van der Waals surface area (Å²) >= 11 is 0. The molecule has 0 saturated carbocycles. The van der Waals surface area contributed by atoms with Crippen LogP contribution in [0.3, 0.4) is 0 Å². The van der Waals surface area contributed by atoms with Gasteiger partial charge in [0.1, 0.15) is 13.1 Å². The fourth-order valence-corrected chi connectivity index (χ4v) is 1.40. The average molecular weight is 194 g/mol. The van der Waals surface area contributed by atoms with Crippen LogP contribution in [0.25, 0.3) is 0 Å².